The van der Waals surface area contributed by atoms with Gasteiger partial charge >= 0.3 is 0 Å². The van der Waals surface area contributed by atoms with E-state index in [4.69, 9.17) is 4.99 Å². The molecule has 4 heteroatoms. The van der Waals surface area contributed by atoms with Crippen molar-refractivity contribution in [1.29, 1.82) is 0 Å². The van der Waals surface area contributed by atoms with Crippen LogP contribution < -0.4 is 10.6 Å². The van der Waals surface area contributed by atoms with Crippen LogP contribution in [-0.4, -0.2) is 49.6 Å². The molecular formula is C22H36N4. The largest absolute Gasteiger partial charge is 0.357 e. The minimum absolute atomic E-state index is 0.420. The smallest absolute Gasteiger partial charge is 0.191 e. The van der Waals surface area contributed by atoms with E-state index < -0.39 is 0 Å². The highest BCUT2D eigenvalue weighted by Crippen LogP contribution is 2.16. The third kappa shape index (κ3) is 6.83. The topological polar surface area (TPSA) is 39.7 Å². The van der Waals surface area contributed by atoms with Crippen LogP contribution in [0.4, 0.5) is 0 Å². The molecule has 2 rings (SSSR count). The van der Waals surface area contributed by atoms with Crippen LogP contribution in [-0.2, 0) is 0 Å². The fourth-order valence-electron chi connectivity index (χ4n) is 3.36. The van der Waals surface area contributed by atoms with Crippen molar-refractivity contribution in [2.75, 3.05) is 32.7 Å². The maximum Gasteiger partial charge on any atom is 0.191 e. The number of aryl methyl sites for hydroxylation is 1. The van der Waals surface area contributed by atoms with Gasteiger partial charge in [0.2, 0.25) is 0 Å². The highest BCUT2D eigenvalue weighted by Gasteiger charge is 2.19. The van der Waals surface area contributed by atoms with Crippen molar-refractivity contribution in [2.45, 2.75) is 52.5 Å². The monoisotopic (exact) mass is 356 g/mol. The van der Waals surface area contributed by atoms with Gasteiger partial charge in [0.25, 0.3) is 0 Å². The van der Waals surface area contributed by atoms with E-state index in [1.54, 1.807) is 0 Å². The number of likely N-dealkylation sites (tertiary alicyclic amines) is 1. The van der Waals surface area contributed by atoms with Crippen molar-refractivity contribution in [3.63, 3.8) is 0 Å². The van der Waals surface area contributed by atoms with Gasteiger partial charge in [0.1, 0.15) is 0 Å². The minimum atomic E-state index is 0.420. The van der Waals surface area contributed by atoms with Crippen LogP contribution in [0.1, 0.15) is 50.7 Å². The first-order chi connectivity index (χ1) is 12.5. The van der Waals surface area contributed by atoms with E-state index in [2.05, 4.69) is 74.1 Å². The summed E-state index contributed by atoms with van der Waals surface area (Å²) in [5, 5.41) is 7.04. The van der Waals surface area contributed by atoms with Crippen LogP contribution in [0.3, 0.4) is 0 Å². The quantitative estimate of drug-likeness (QED) is 0.445. The van der Waals surface area contributed by atoms with Gasteiger partial charge in [0, 0.05) is 44.7 Å². The summed E-state index contributed by atoms with van der Waals surface area (Å²) in [7, 11) is 0. The summed E-state index contributed by atoms with van der Waals surface area (Å²) in [6.07, 6.45) is 2.32. The van der Waals surface area contributed by atoms with Crippen molar-refractivity contribution < 1.29 is 0 Å². The first kappa shape index (κ1) is 20.5. The Kier molecular flexibility index (Phi) is 8.17. The zero-order valence-corrected chi connectivity index (χ0v) is 17.0. The van der Waals surface area contributed by atoms with Gasteiger partial charge in [-0.05, 0) is 39.2 Å². The van der Waals surface area contributed by atoms with Crippen molar-refractivity contribution in [3.05, 3.63) is 47.5 Å². The standard InChI is InChI=1S/C22H36N4/c1-6-23-22(24-15-19(5)20-9-7-18(4)8-10-20)25-21-11-13-26(14-12-21)16-17(2)3/h7-10,19,21H,2,6,11-16H2,1,3-5H3,(H2,23,24,25). The van der Waals surface area contributed by atoms with Crippen molar-refractivity contribution in [1.82, 2.24) is 15.5 Å². The molecule has 144 valence electrons. The zero-order valence-electron chi connectivity index (χ0n) is 17.0. The molecular weight excluding hydrogens is 320 g/mol. The molecule has 0 amide bonds. The Morgan fingerprint density at radius 3 is 2.50 bits per heavy atom. The second-order valence-corrected chi connectivity index (χ2v) is 7.68. The summed E-state index contributed by atoms with van der Waals surface area (Å²) in [6, 6.07) is 9.29. The van der Waals surface area contributed by atoms with Crippen LogP contribution >= 0.6 is 0 Å². The molecule has 0 saturated carbocycles. The number of piperidine rings is 1. The van der Waals surface area contributed by atoms with Crippen LogP contribution in [0.2, 0.25) is 0 Å². The Balaban J connectivity index is 1.86. The van der Waals surface area contributed by atoms with E-state index in [1.807, 2.05) is 0 Å². The lowest BCUT2D eigenvalue weighted by Gasteiger charge is -2.33. The Labute approximate surface area is 159 Å². The summed E-state index contributed by atoms with van der Waals surface area (Å²) in [6.45, 7) is 17.6. The number of nitrogens with zero attached hydrogens (tertiary/aromatic N) is 2. The third-order valence-electron chi connectivity index (χ3n) is 4.94. The lowest BCUT2D eigenvalue weighted by molar-refractivity contribution is 0.221. The Bertz CT molecular complexity index is 583. The first-order valence-corrected chi connectivity index (χ1v) is 9.96. The molecule has 1 saturated heterocycles. The molecule has 0 bridgehead atoms. The summed E-state index contributed by atoms with van der Waals surface area (Å²) >= 11 is 0. The summed E-state index contributed by atoms with van der Waals surface area (Å²) in [4.78, 5) is 7.33. The van der Waals surface area contributed by atoms with E-state index in [0.717, 1.165) is 51.5 Å². The molecule has 1 fully saturated rings. The average molecular weight is 357 g/mol. The average Bonchev–Trinajstić information content (AvgIpc) is 2.61. The SMILES string of the molecule is C=C(C)CN1CCC(NC(=NCC(C)c2ccc(C)cc2)NCC)CC1. The molecule has 0 aliphatic carbocycles. The number of rotatable bonds is 7. The molecule has 4 nitrogen and oxygen atoms in total. The zero-order chi connectivity index (χ0) is 18.9. The highest BCUT2D eigenvalue weighted by molar-refractivity contribution is 5.80. The number of guanidine groups is 1. The molecule has 1 aliphatic heterocycles. The van der Waals surface area contributed by atoms with Gasteiger partial charge in [-0.2, -0.15) is 0 Å². The van der Waals surface area contributed by atoms with Crippen molar-refractivity contribution in [3.8, 4) is 0 Å². The van der Waals surface area contributed by atoms with Crippen LogP contribution in [0.25, 0.3) is 0 Å². The summed E-state index contributed by atoms with van der Waals surface area (Å²) in [5.41, 5.74) is 3.90. The van der Waals surface area contributed by atoms with E-state index in [9.17, 15) is 0 Å². The normalized spacial score (nSPS) is 17.8. The summed E-state index contributed by atoms with van der Waals surface area (Å²) < 4.78 is 0. The van der Waals surface area contributed by atoms with Gasteiger partial charge in [-0.25, -0.2) is 0 Å². The second kappa shape index (κ2) is 10.4. The Morgan fingerprint density at radius 2 is 1.92 bits per heavy atom. The van der Waals surface area contributed by atoms with Crippen molar-refractivity contribution >= 4 is 5.96 Å². The molecule has 1 heterocycles. The van der Waals surface area contributed by atoms with Gasteiger partial charge in [-0.15, -0.1) is 0 Å². The number of hydrogen-bond acceptors (Lipinski definition) is 2. The number of hydrogen-bond donors (Lipinski definition) is 2. The Morgan fingerprint density at radius 1 is 1.27 bits per heavy atom. The molecule has 1 aromatic rings. The lowest BCUT2D eigenvalue weighted by atomic mass is 10.0. The highest BCUT2D eigenvalue weighted by atomic mass is 15.2. The van der Waals surface area contributed by atoms with E-state index >= 15 is 0 Å². The van der Waals surface area contributed by atoms with Gasteiger partial charge in [-0.3, -0.25) is 9.89 Å². The molecule has 0 spiro atoms. The lowest BCUT2D eigenvalue weighted by Crippen LogP contribution is -2.49. The summed E-state index contributed by atoms with van der Waals surface area (Å²) in [5.74, 6) is 1.37. The number of nitrogens with one attached hydrogen (secondary N) is 2. The molecule has 26 heavy (non-hydrogen) atoms. The maximum atomic E-state index is 4.84. The van der Waals surface area contributed by atoms with Crippen LogP contribution in [0, 0.1) is 6.92 Å². The fraction of sp³-hybridized carbons (Fsp3) is 0.591. The maximum absolute atomic E-state index is 4.84. The molecule has 1 aromatic carbocycles. The van der Waals surface area contributed by atoms with Crippen LogP contribution in [0.5, 0.6) is 0 Å². The van der Waals surface area contributed by atoms with E-state index in [0.29, 0.717) is 12.0 Å². The van der Waals surface area contributed by atoms with Gasteiger partial charge < -0.3 is 10.6 Å². The van der Waals surface area contributed by atoms with Crippen LogP contribution in [0.15, 0.2) is 41.4 Å². The molecule has 1 unspecified atom stereocenters. The molecule has 0 aromatic heterocycles. The molecule has 1 aliphatic rings. The van der Waals surface area contributed by atoms with Gasteiger partial charge in [0.05, 0.1) is 0 Å². The minimum Gasteiger partial charge on any atom is -0.357 e. The van der Waals surface area contributed by atoms with Gasteiger partial charge in [0.15, 0.2) is 5.96 Å². The molecule has 2 N–H and O–H groups in total. The molecule has 1 atom stereocenters. The van der Waals surface area contributed by atoms with E-state index in [1.165, 1.54) is 16.7 Å². The Hall–Kier alpha value is -1.81. The predicted octanol–water partition coefficient (Wildman–Crippen LogP) is 3.69. The van der Waals surface area contributed by atoms with Gasteiger partial charge in [-0.1, -0.05) is 48.9 Å². The molecule has 0 radical (unpaired) electrons. The number of benzene rings is 1. The fourth-order valence-corrected chi connectivity index (χ4v) is 3.36. The third-order valence-corrected chi connectivity index (χ3v) is 4.94. The van der Waals surface area contributed by atoms with E-state index in [-0.39, 0.29) is 0 Å². The number of aliphatic imine (C=N–C) groups is 1. The van der Waals surface area contributed by atoms with Crippen molar-refractivity contribution in [2.24, 2.45) is 4.99 Å². The second-order valence-electron chi connectivity index (χ2n) is 7.68. The first-order valence-electron chi connectivity index (χ1n) is 9.96. The predicted molar refractivity (Wildman–Crippen MR) is 113 cm³/mol.